The van der Waals surface area contributed by atoms with E-state index in [9.17, 15) is 5.11 Å². The van der Waals surface area contributed by atoms with Crippen molar-refractivity contribution in [2.45, 2.75) is 26.2 Å². The summed E-state index contributed by atoms with van der Waals surface area (Å²) in [6.45, 7) is 12.9. The quantitative estimate of drug-likeness (QED) is 0.601. The van der Waals surface area contributed by atoms with Crippen molar-refractivity contribution < 1.29 is 5.11 Å². The van der Waals surface area contributed by atoms with Crippen LogP contribution in [0, 0.1) is 6.57 Å². The van der Waals surface area contributed by atoms with E-state index < -0.39 is 0 Å². The SMILES string of the molecule is [C-]#[N+]c1cccc(O)c1C(C)(C)C. The zero-order chi connectivity index (χ0) is 10.1. The van der Waals surface area contributed by atoms with Gasteiger partial charge in [0.2, 0.25) is 0 Å². The molecule has 0 aliphatic heterocycles. The molecule has 0 bridgehead atoms. The van der Waals surface area contributed by atoms with Crippen LogP contribution in [0.1, 0.15) is 26.3 Å². The van der Waals surface area contributed by atoms with Gasteiger partial charge in [-0.15, -0.1) is 0 Å². The highest BCUT2D eigenvalue weighted by Crippen LogP contribution is 2.37. The Labute approximate surface area is 78.7 Å². The molecule has 0 amide bonds. The van der Waals surface area contributed by atoms with Gasteiger partial charge < -0.3 is 5.11 Å². The number of nitrogens with zero attached hydrogens (tertiary/aromatic N) is 1. The molecule has 0 unspecified atom stereocenters. The van der Waals surface area contributed by atoms with Crippen LogP contribution in [-0.4, -0.2) is 5.11 Å². The second-order valence-corrected chi connectivity index (χ2v) is 4.03. The number of rotatable bonds is 0. The van der Waals surface area contributed by atoms with Gasteiger partial charge in [-0.2, -0.15) is 0 Å². The van der Waals surface area contributed by atoms with Crippen LogP contribution in [0.3, 0.4) is 0 Å². The van der Waals surface area contributed by atoms with Crippen molar-refractivity contribution in [2.24, 2.45) is 0 Å². The Morgan fingerprint density at radius 1 is 1.31 bits per heavy atom. The van der Waals surface area contributed by atoms with Crippen molar-refractivity contribution in [3.63, 3.8) is 0 Å². The van der Waals surface area contributed by atoms with Crippen molar-refractivity contribution in [3.8, 4) is 5.75 Å². The van der Waals surface area contributed by atoms with Gasteiger partial charge in [0.25, 0.3) is 0 Å². The Hall–Kier alpha value is -1.49. The topological polar surface area (TPSA) is 24.6 Å². The summed E-state index contributed by atoms with van der Waals surface area (Å²) in [4.78, 5) is 3.39. The number of phenols is 1. The van der Waals surface area contributed by atoms with Crippen molar-refractivity contribution >= 4 is 5.69 Å². The van der Waals surface area contributed by atoms with Gasteiger partial charge in [0, 0.05) is 5.56 Å². The Balaban J connectivity index is 3.43. The second-order valence-electron chi connectivity index (χ2n) is 4.03. The minimum Gasteiger partial charge on any atom is -0.509 e. The minimum absolute atomic E-state index is 0.189. The van der Waals surface area contributed by atoms with Crippen LogP contribution in [0.4, 0.5) is 5.69 Å². The smallest absolute Gasteiger partial charge is 0.194 e. The summed E-state index contributed by atoms with van der Waals surface area (Å²) in [6.07, 6.45) is 0. The van der Waals surface area contributed by atoms with E-state index in [1.54, 1.807) is 18.2 Å². The largest absolute Gasteiger partial charge is 0.509 e. The third kappa shape index (κ3) is 1.81. The zero-order valence-corrected chi connectivity index (χ0v) is 8.13. The highest BCUT2D eigenvalue weighted by Gasteiger charge is 2.21. The normalized spacial score (nSPS) is 10.9. The van der Waals surface area contributed by atoms with Crippen LogP contribution >= 0.6 is 0 Å². The van der Waals surface area contributed by atoms with Gasteiger partial charge >= 0.3 is 0 Å². The van der Waals surface area contributed by atoms with Crippen LogP contribution in [0.15, 0.2) is 18.2 Å². The lowest BCUT2D eigenvalue weighted by molar-refractivity contribution is 0.448. The van der Waals surface area contributed by atoms with E-state index in [-0.39, 0.29) is 11.2 Å². The summed E-state index contributed by atoms with van der Waals surface area (Å²) < 4.78 is 0. The fraction of sp³-hybridized carbons (Fsp3) is 0.364. The number of phenolic OH excluding ortho intramolecular Hbond substituents is 1. The maximum Gasteiger partial charge on any atom is 0.194 e. The molecule has 0 aliphatic rings. The summed E-state index contributed by atoms with van der Waals surface area (Å²) >= 11 is 0. The molecular formula is C11H13NO. The summed E-state index contributed by atoms with van der Waals surface area (Å²) in [5.41, 5.74) is 1.07. The highest BCUT2D eigenvalue weighted by atomic mass is 16.3. The third-order valence-corrected chi connectivity index (χ3v) is 1.89. The molecule has 1 N–H and O–H groups in total. The molecular weight excluding hydrogens is 162 g/mol. The highest BCUT2D eigenvalue weighted by molar-refractivity contribution is 5.60. The summed E-state index contributed by atoms with van der Waals surface area (Å²) in [5, 5.41) is 9.61. The Morgan fingerprint density at radius 3 is 2.31 bits per heavy atom. The van der Waals surface area contributed by atoms with Crippen molar-refractivity contribution in [1.29, 1.82) is 0 Å². The van der Waals surface area contributed by atoms with Crippen LogP contribution in [-0.2, 0) is 5.41 Å². The molecule has 1 rings (SSSR count). The lowest BCUT2D eigenvalue weighted by atomic mass is 9.85. The number of hydrogen-bond acceptors (Lipinski definition) is 1. The molecule has 0 atom stereocenters. The van der Waals surface area contributed by atoms with Gasteiger partial charge in [-0.1, -0.05) is 32.9 Å². The summed E-state index contributed by atoms with van der Waals surface area (Å²) in [5.74, 6) is 0.209. The van der Waals surface area contributed by atoms with Gasteiger partial charge in [0.15, 0.2) is 5.69 Å². The van der Waals surface area contributed by atoms with Gasteiger partial charge in [-0.3, -0.25) is 0 Å². The molecule has 0 aromatic heterocycles. The van der Waals surface area contributed by atoms with E-state index in [0.717, 1.165) is 5.56 Å². The Kier molecular flexibility index (Phi) is 2.29. The maximum absolute atomic E-state index is 9.61. The fourth-order valence-corrected chi connectivity index (χ4v) is 1.39. The molecule has 2 heteroatoms. The average molecular weight is 175 g/mol. The molecule has 0 radical (unpaired) electrons. The van der Waals surface area contributed by atoms with Crippen LogP contribution in [0.2, 0.25) is 0 Å². The molecule has 1 aromatic rings. The van der Waals surface area contributed by atoms with Gasteiger partial charge in [0.05, 0.1) is 6.57 Å². The molecule has 13 heavy (non-hydrogen) atoms. The summed E-state index contributed by atoms with van der Waals surface area (Å²) in [6, 6.07) is 5.04. The fourth-order valence-electron chi connectivity index (χ4n) is 1.39. The van der Waals surface area contributed by atoms with Crippen LogP contribution < -0.4 is 0 Å². The molecule has 2 nitrogen and oxygen atoms in total. The second kappa shape index (κ2) is 3.10. The first-order valence-electron chi connectivity index (χ1n) is 4.16. The number of aromatic hydroxyl groups is 1. The van der Waals surface area contributed by atoms with E-state index in [2.05, 4.69) is 4.85 Å². The van der Waals surface area contributed by atoms with Crippen LogP contribution in [0.5, 0.6) is 5.75 Å². The Bertz CT molecular complexity index is 355. The van der Waals surface area contributed by atoms with E-state index >= 15 is 0 Å². The van der Waals surface area contributed by atoms with Crippen molar-refractivity contribution in [3.05, 3.63) is 35.2 Å². The lowest BCUT2D eigenvalue weighted by Crippen LogP contribution is -2.11. The molecule has 0 heterocycles. The van der Waals surface area contributed by atoms with E-state index in [4.69, 9.17) is 6.57 Å². The number of hydrogen-bond donors (Lipinski definition) is 1. The molecule has 0 saturated carbocycles. The Morgan fingerprint density at radius 2 is 1.92 bits per heavy atom. The van der Waals surface area contributed by atoms with E-state index in [1.165, 1.54) is 0 Å². The molecule has 1 aromatic carbocycles. The molecule has 68 valence electrons. The minimum atomic E-state index is -0.189. The predicted molar refractivity (Wildman–Crippen MR) is 53.1 cm³/mol. The summed E-state index contributed by atoms with van der Waals surface area (Å²) in [7, 11) is 0. The van der Waals surface area contributed by atoms with Gasteiger partial charge in [-0.05, 0) is 11.5 Å². The standard InChI is InChI=1S/C11H13NO/c1-11(2,3)10-8(12-4)6-5-7-9(10)13/h5-7,13H,1-3H3. The van der Waals surface area contributed by atoms with Crippen molar-refractivity contribution in [2.75, 3.05) is 0 Å². The first-order chi connectivity index (χ1) is 5.96. The molecule has 0 fully saturated rings. The first-order valence-corrected chi connectivity index (χ1v) is 4.16. The molecule has 0 saturated heterocycles. The monoisotopic (exact) mass is 175 g/mol. The molecule has 0 aliphatic carbocycles. The lowest BCUT2D eigenvalue weighted by Gasteiger charge is -2.21. The zero-order valence-electron chi connectivity index (χ0n) is 8.13. The predicted octanol–water partition coefficient (Wildman–Crippen LogP) is 3.24. The van der Waals surface area contributed by atoms with Gasteiger partial charge in [0.1, 0.15) is 5.75 Å². The van der Waals surface area contributed by atoms with Crippen molar-refractivity contribution in [1.82, 2.24) is 0 Å². The number of benzene rings is 1. The average Bonchev–Trinajstić information content (AvgIpc) is 2.01. The van der Waals surface area contributed by atoms with Gasteiger partial charge in [-0.25, -0.2) is 4.85 Å². The van der Waals surface area contributed by atoms with E-state index in [0.29, 0.717) is 5.69 Å². The van der Waals surface area contributed by atoms with E-state index in [1.807, 2.05) is 20.8 Å². The van der Waals surface area contributed by atoms with Crippen LogP contribution in [0.25, 0.3) is 4.85 Å². The first kappa shape index (κ1) is 9.60. The third-order valence-electron chi connectivity index (χ3n) is 1.89. The molecule has 0 spiro atoms. The maximum atomic E-state index is 9.61.